The standard InChI is InChI=1S/C6H8BN2S/c1-5-2-3-6(7-10-8)9-4-5/h2-4H,8H2,1H3. The fourth-order valence-corrected chi connectivity index (χ4v) is 0.898. The lowest BCUT2D eigenvalue weighted by Crippen LogP contribution is -2.16. The minimum atomic E-state index is 0.915. The second-order valence-corrected chi connectivity index (χ2v) is 2.52. The summed E-state index contributed by atoms with van der Waals surface area (Å²) in [6.45, 7) is 3.81. The van der Waals surface area contributed by atoms with Crippen LogP contribution < -0.4 is 10.7 Å². The van der Waals surface area contributed by atoms with Crippen molar-refractivity contribution in [1.29, 1.82) is 0 Å². The molecule has 0 aliphatic heterocycles. The average molecular weight is 151 g/mol. The summed E-state index contributed by atoms with van der Waals surface area (Å²) in [5.74, 6) is 0. The van der Waals surface area contributed by atoms with Gasteiger partial charge in [-0.1, -0.05) is 6.07 Å². The van der Waals surface area contributed by atoms with Gasteiger partial charge in [0, 0.05) is 11.8 Å². The van der Waals surface area contributed by atoms with Crippen molar-refractivity contribution in [2.45, 2.75) is 6.92 Å². The molecule has 10 heavy (non-hydrogen) atoms. The number of hydrogen-bond acceptors (Lipinski definition) is 3. The Bertz CT molecular complexity index is 199. The summed E-state index contributed by atoms with van der Waals surface area (Å²) in [7, 11) is 0. The molecule has 0 amide bonds. The SMILES string of the molecule is Cc1ccc([B]SN)nc1. The molecule has 1 aromatic rings. The van der Waals surface area contributed by atoms with Crippen molar-refractivity contribution < 1.29 is 0 Å². The van der Waals surface area contributed by atoms with Crippen LogP contribution in [0.15, 0.2) is 18.3 Å². The molecule has 0 fully saturated rings. The third-order valence-corrected chi connectivity index (χ3v) is 1.50. The van der Waals surface area contributed by atoms with Crippen LogP contribution in [0.1, 0.15) is 5.56 Å². The van der Waals surface area contributed by atoms with E-state index < -0.39 is 0 Å². The van der Waals surface area contributed by atoms with E-state index >= 15 is 0 Å². The van der Waals surface area contributed by atoms with E-state index in [1.54, 1.807) is 6.56 Å². The summed E-state index contributed by atoms with van der Waals surface area (Å²) in [4.78, 5) is 4.11. The van der Waals surface area contributed by atoms with E-state index in [1.165, 1.54) is 17.4 Å². The van der Waals surface area contributed by atoms with Gasteiger partial charge in [-0.05, 0) is 18.6 Å². The Morgan fingerprint density at radius 2 is 2.40 bits per heavy atom. The second kappa shape index (κ2) is 3.63. The van der Waals surface area contributed by atoms with Crippen molar-refractivity contribution in [3.05, 3.63) is 23.9 Å². The number of pyridine rings is 1. The molecule has 1 aromatic heterocycles. The first-order valence-corrected chi connectivity index (χ1v) is 3.88. The van der Waals surface area contributed by atoms with Crippen molar-refractivity contribution in [2.75, 3.05) is 0 Å². The fraction of sp³-hybridized carbons (Fsp3) is 0.167. The van der Waals surface area contributed by atoms with Gasteiger partial charge in [-0.25, -0.2) is 0 Å². The van der Waals surface area contributed by atoms with E-state index in [1.807, 2.05) is 25.3 Å². The summed E-state index contributed by atoms with van der Waals surface area (Å²) < 4.78 is 0. The van der Waals surface area contributed by atoms with E-state index in [4.69, 9.17) is 5.14 Å². The number of nitrogens with zero attached hydrogens (tertiary/aromatic N) is 1. The zero-order valence-corrected chi connectivity index (χ0v) is 6.56. The highest BCUT2D eigenvalue weighted by Crippen LogP contribution is 1.89. The predicted octanol–water partition coefficient (Wildman–Crippen LogP) is 0.241. The zero-order chi connectivity index (χ0) is 7.40. The van der Waals surface area contributed by atoms with Gasteiger partial charge in [0.25, 0.3) is 6.56 Å². The zero-order valence-electron chi connectivity index (χ0n) is 5.74. The second-order valence-electron chi connectivity index (χ2n) is 2.01. The maximum Gasteiger partial charge on any atom is 0.275 e. The Morgan fingerprint density at radius 1 is 1.60 bits per heavy atom. The maximum absolute atomic E-state index is 5.22. The van der Waals surface area contributed by atoms with Crippen LogP contribution >= 0.6 is 11.8 Å². The first-order chi connectivity index (χ1) is 4.83. The lowest BCUT2D eigenvalue weighted by Gasteiger charge is -1.94. The van der Waals surface area contributed by atoms with Crippen LogP contribution in [0.5, 0.6) is 0 Å². The van der Waals surface area contributed by atoms with Gasteiger partial charge < -0.3 is 0 Å². The Morgan fingerprint density at radius 3 is 2.90 bits per heavy atom. The minimum Gasteiger partial charge on any atom is -0.287 e. The number of hydrogen-bond donors (Lipinski definition) is 1. The summed E-state index contributed by atoms with van der Waals surface area (Å²) in [5, 5.41) is 5.22. The first-order valence-electron chi connectivity index (χ1n) is 2.94. The molecule has 1 radical (unpaired) electrons. The van der Waals surface area contributed by atoms with Gasteiger partial charge in [0.05, 0.1) is 0 Å². The summed E-state index contributed by atoms with van der Waals surface area (Å²) >= 11 is 1.17. The molecule has 0 unspecified atom stereocenters. The third-order valence-electron chi connectivity index (χ3n) is 1.12. The molecule has 0 aromatic carbocycles. The molecule has 2 nitrogen and oxygen atoms in total. The maximum atomic E-state index is 5.22. The Kier molecular flexibility index (Phi) is 2.77. The van der Waals surface area contributed by atoms with Crippen molar-refractivity contribution in [2.24, 2.45) is 5.14 Å². The van der Waals surface area contributed by atoms with Crippen molar-refractivity contribution in [3.63, 3.8) is 0 Å². The van der Waals surface area contributed by atoms with Gasteiger partial charge in [-0.3, -0.25) is 10.1 Å². The van der Waals surface area contributed by atoms with Crippen LogP contribution in [0.4, 0.5) is 0 Å². The molecule has 0 saturated heterocycles. The molecule has 51 valence electrons. The Labute approximate surface area is 65.5 Å². The van der Waals surface area contributed by atoms with E-state index in [-0.39, 0.29) is 0 Å². The molecule has 0 spiro atoms. The monoisotopic (exact) mass is 151 g/mol. The molecule has 1 heterocycles. The highest BCUT2D eigenvalue weighted by Gasteiger charge is 1.93. The lowest BCUT2D eigenvalue weighted by molar-refractivity contribution is 1.31. The normalized spacial score (nSPS) is 9.40. The number of aryl methyl sites for hydroxylation is 1. The van der Waals surface area contributed by atoms with E-state index in [0.717, 1.165) is 5.59 Å². The lowest BCUT2D eigenvalue weighted by atomic mass is 10.0. The molecule has 0 aliphatic carbocycles. The van der Waals surface area contributed by atoms with Crippen molar-refractivity contribution in [1.82, 2.24) is 4.98 Å². The molecule has 2 N–H and O–H groups in total. The summed E-state index contributed by atoms with van der Waals surface area (Å²) in [6.07, 6.45) is 1.82. The third kappa shape index (κ3) is 2.04. The minimum absolute atomic E-state index is 0.915. The summed E-state index contributed by atoms with van der Waals surface area (Å²) in [6, 6.07) is 3.95. The molecule has 0 atom stereocenters. The predicted molar refractivity (Wildman–Crippen MR) is 46.1 cm³/mol. The molecular formula is C6H8BN2S. The van der Waals surface area contributed by atoms with Gasteiger partial charge in [0.1, 0.15) is 0 Å². The van der Waals surface area contributed by atoms with Gasteiger partial charge in [0.15, 0.2) is 0 Å². The quantitative estimate of drug-likeness (QED) is 0.486. The molecule has 4 heteroatoms. The molecular weight excluding hydrogens is 143 g/mol. The number of nitrogens with two attached hydrogens (primary N) is 1. The van der Waals surface area contributed by atoms with Crippen LogP contribution in [-0.2, 0) is 0 Å². The molecule has 0 aliphatic rings. The molecule has 0 bridgehead atoms. The topological polar surface area (TPSA) is 38.9 Å². The van der Waals surface area contributed by atoms with E-state index in [0.29, 0.717) is 0 Å². The number of rotatable bonds is 2. The van der Waals surface area contributed by atoms with Gasteiger partial charge >= 0.3 is 0 Å². The van der Waals surface area contributed by atoms with Crippen molar-refractivity contribution in [3.8, 4) is 0 Å². The van der Waals surface area contributed by atoms with E-state index in [9.17, 15) is 0 Å². The molecule has 0 saturated carbocycles. The largest absolute Gasteiger partial charge is 0.287 e. The van der Waals surface area contributed by atoms with Crippen LogP contribution in [0.25, 0.3) is 0 Å². The van der Waals surface area contributed by atoms with E-state index in [2.05, 4.69) is 4.98 Å². The number of aromatic nitrogens is 1. The average Bonchev–Trinajstić information content (AvgIpc) is 1.95. The Balaban J connectivity index is 2.69. The highest BCUT2D eigenvalue weighted by atomic mass is 32.2. The Hall–Kier alpha value is -0.475. The molecule has 1 rings (SSSR count). The highest BCUT2D eigenvalue weighted by molar-refractivity contribution is 8.21. The van der Waals surface area contributed by atoms with Crippen LogP contribution in [0.3, 0.4) is 0 Å². The smallest absolute Gasteiger partial charge is 0.275 e. The fourth-order valence-electron chi connectivity index (χ4n) is 0.619. The van der Waals surface area contributed by atoms with Crippen LogP contribution in [0.2, 0.25) is 0 Å². The van der Waals surface area contributed by atoms with Gasteiger partial charge in [-0.15, -0.1) is 11.8 Å². The van der Waals surface area contributed by atoms with Crippen LogP contribution in [-0.4, -0.2) is 11.5 Å². The summed E-state index contributed by atoms with van der Waals surface area (Å²) in [5.41, 5.74) is 2.08. The van der Waals surface area contributed by atoms with Gasteiger partial charge in [0.2, 0.25) is 0 Å². The van der Waals surface area contributed by atoms with Crippen LogP contribution in [0, 0.1) is 6.92 Å². The van der Waals surface area contributed by atoms with Crippen molar-refractivity contribution >= 4 is 24.0 Å². The van der Waals surface area contributed by atoms with Gasteiger partial charge in [-0.2, -0.15) is 0 Å². The first kappa shape index (κ1) is 7.63.